The Morgan fingerprint density at radius 3 is 2.27 bits per heavy atom. The average molecular weight is 455 g/mol. The van der Waals surface area contributed by atoms with Gasteiger partial charge in [0.1, 0.15) is 0 Å². The molecular formula is C32H54O. The van der Waals surface area contributed by atoms with E-state index in [1.165, 1.54) is 44.9 Å². The lowest BCUT2D eigenvalue weighted by Crippen LogP contribution is -2.56. The van der Waals surface area contributed by atoms with Crippen LogP contribution < -0.4 is 0 Å². The highest BCUT2D eigenvalue weighted by molar-refractivity contribution is 5.94. The molecule has 33 heavy (non-hydrogen) atoms. The maximum atomic E-state index is 13.6. The summed E-state index contributed by atoms with van der Waals surface area (Å²) in [5.41, 5.74) is 2.59. The van der Waals surface area contributed by atoms with Crippen LogP contribution >= 0.6 is 0 Å². The second-order valence-electron chi connectivity index (χ2n) is 15.1. The molecule has 0 aliphatic heterocycles. The summed E-state index contributed by atoms with van der Waals surface area (Å²) in [5, 5.41) is 0. The maximum Gasteiger partial charge on any atom is 0.159 e. The number of fused-ring (bicyclic) bond motifs is 5. The molecule has 188 valence electrons. The third kappa shape index (κ3) is 3.64. The molecule has 0 N–H and O–H groups in total. The highest BCUT2D eigenvalue weighted by Crippen LogP contribution is 2.73. The van der Waals surface area contributed by atoms with Crippen LogP contribution in [-0.2, 0) is 4.79 Å². The standard InChI is InChI=1S/C32H54O/c1-20(2)11-12-23(5)29(6,7)28-14-16-31(9)25-18-27(33)26-17-21(3)22(4)19-30(26,8)24(25)13-15-32(28,31)10/h18,20-24,26,28H,11-17,19H2,1-10H3/t21-,22+,23+,24?,26+,28+,30+,31-,32+/m0/s1. The van der Waals surface area contributed by atoms with Crippen molar-refractivity contribution in [3.8, 4) is 0 Å². The van der Waals surface area contributed by atoms with Gasteiger partial charge in [0.05, 0.1) is 0 Å². The number of ketones is 1. The predicted molar refractivity (Wildman–Crippen MR) is 141 cm³/mol. The number of carbonyl (C=O) groups is 1. The summed E-state index contributed by atoms with van der Waals surface area (Å²) in [7, 11) is 0. The van der Waals surface area contributed by atoms with Crippen LogP contribution in [0.25, 0.3) is 0 Å². The van der Waals surface area contributed by atoms with Crippen molar-refractivity contribution in [2.45, 2.75) is 121 Å². The van der Waals surface area contributed by atoms with Crippen molar-refractivity contribution in [3.63, 3.8) is 0 Å². The third-order valence-electron chi connectivity index (χ3n) is 12.8. The molecule has 0 aromatic rings. The zero-order chi connectivity index (χ0) is 24.6. The molecule has 0 heterocycles. The summed E-state index contributed by atoms with van der Waals surface area (Å²) in [6, 6.07) is 0. The van der Waals surface area contributed by atoms with Gasteiger partial charge in [0.25, 0.3) is 0 Å². The molecule has 1 nitrogen and oxygen atoms in total. The van der Waals surface area contributed by atoms with Crippen LogP contribution in [0.3, 0.4) is 0 Å². The summed E-state index contributed by atoms with van der Waals surface area (Å²) >= 11 is 0. The first-order chi connectivity index (χ1) is 15.2. The molecule has 3 saturated carbocycles. The van der Waals surface area contributed by atoms with E-state index in [0.717, 1.165) is 30.1 Å². The van der Waals surface area contributed by atoms with Crippen molar-refractivity contribution < 1.29 is 4.79 Å². The Kier molecular flexibility index (Phi) is 6.36. The predicted octanol–water partition coefficient (Wildman–Crippen LogP) is 9.12. The lowest BCUT2D eigenvalue weighted by atomic mass is 9.41. The lowest BCUT2D eigenvalue weighted by molar-refractivity contribution is -0.134. The summed E-state index contributed by atoms with van der Waals surface area (Å²) in [6.45, 7) is 24.9. The molecule has 0 bridgehead atoms. The number of hydrogen-bond donors (Lipinski definition) is 0. The first kappa shape index (κ1) is 25.5. The Morgan fingerprint density at radius 1 is 0.970 bits per heavy atom. The fourth-order valence-corrected chi connectivity index (χ4v) is 9.76. The fraction of sp³-hybridized carbons (Fsp3) is 0.906. The monoisotopic (exact) mass is 454 g/mol. The van der Waals surface area contributed by atoms with E-state index in [-0.39, 0.29) is 16.7 Å². The van der Waals surface area contributed by atoms with Crippen LogP contribution in [-0.4, -0.2) is 5.78 Å². The second-order valence-corrected chi connectivity index (χ2v) is 15.1. The van der Waals surface area contributed by atoms with Gasteiger partial charge in [-0.2, -0.15) is 0 Å². The minimum Gasteiger partial charge on any atom is -0.295 e. The zero-order valence-electron chi connectivity index (χ0n) is 23.7. The molecule has 4 rings (SSSR count). The molecule has 0 radical (unpaired) electrons. The molecule has 0 saturated heterocycles. The highest BCUT2D eigenvalue weighted by atomic mass is 16.1. The van der Waals surface area contributed by atoms with Crippen molar-refractivity contribution in [1.29, 1.82) is 0 Å². The number of rotatable bonds is 5. The molecule has 9 atom stereocenters. The molecule has 4 aliphatic carbocycles. The minimum absolute atomic E-state index is 0.176. The Morgan fingerprint density at radius 2 is 1.64 bits per heavy atom. The van der Waals surface area contributed by atoms with Gasteiger partial charge in [0, 0.05) is 5.92 Å². The van der Waals surface area contributed by atoms with E-state index in [1.54, 1.807) is 5.57 Å². The van der Waals surface area contributed by atoms with Crippen LogP contribution in [0.1, 0.15) is 121 Å². The molecule has 4 aliphatic rings. The third-order valence-corrected chi connectivity index (χ3v) is 12.8. The van der Waals surface area contributed by atoms with Gasteiger partial charge >= 0.3 is 0 Å². The quantitative estimate of drug-likeness (QED) is 0.405. The van der Waals surface area contributed by atoms with Crippen molar-refractivity contribution in [2.75, 3.05) is 0 Å². The largest absolute Gasteiger partial charge is 0.295 e. The molecule has 3 fully saturated rings. The van der Waals surface area contributed by atoms with Crippen LogP contribution in [0.2, 0.25) is 0 Å². The molecule has 1 unspecified atom stereocenters. The fourth-order valence-electron chi connectivity index (χ4n) is 9.76. The van der Waals surface area contributed by atoms with E-state index in [4.69, 9.17) is 0 Å². The van der Waals surface area contributed by atoms with Gasteiger partial charge in [0.15, 0.2) is 5.78 Å². The van der Waals surface area contributed by atoms with Crippen LogP contribution in [0.5, 0.6) is 0 Å². The van der Waals surface area contributed by atoms with Crippen molar-refractivity contribution in [1.82, 2.24) is 0 Å². The highest BCUT2D eigenvalue weighted by Gasteiger charge is 2.66. The normalized spacial score (nSPS) is 46.5. The summed E-state index contributed by atoms with van der Waals surface area (Å²) in [4.78, 5) is 13.6. The minimum atomic E-state index is 0.176. The van der Waals surface area contributed by atoms with Crippen molar-refractivity contribution >= 4 is 5.78 Å². The molecule has 0 spiro atoms. The Labute approximate surface area is 206 Å². The van der Waals surface area contributed by atoms with Gasteiger partial charge < -0.3 is 0 Å². The number of allylic oxidation sites excluding steroid dienone is 2. The molecule has 0 aromatic carbocycles. The van der Waals surface area contributed by atoms with E-state index < -0.39 is 0 Å². The van der Waals surface area contributed by atoms with Gasteiger partial charge in [-0.3, -0.25) is 4.79 Å². The molecule has 0 aromatic heterocycles. The Hall–Kier alpha value is -0.590. The first-order valence-corrected chi connectivity index (χ1v) is 14.4. The van der Waals surface area contributed by atoms with E-state index in [0.29, 0.717) is 28.4 Å². The van der Waals surface area contributed by atoms with E-state index in [1.807, 2.05) is 0 Å². The molecular weight excluding hydrogens is 400 g/mol. The summed E-state index contributed by atoms with van der Waals surface area (Å²) < 4.78 is 0. The number of carbonyl (C=O) groups excluding carboxylic acids is 1. The molecule has 0 amide bonds. The second kappa shape index (κ2) is 8.23. The SMILES string of the molecule is CC(C)CC[C@@H](C)C(C)(C)[C@H]1CC[C@@]2(C)C3=CC(=O)[C@H]4C[C@H](C)[C@H](C)C[C@]4(C)C3CC[C@]12C. The average Bonchev–Trinajstić information content (AvgIpc) is 3.00. The Bertz CT molecular complexity index is 803. The lowest BCUT2D eigenvalue weighted by Gasteiger charge is -2.62. The van der Waals surface area contributed by atoms with E-state index >= 15 is 0 Å². The van der Waals surface area contributed by atoms with Crippen molar-refractivity contribution in [3.05, 3.63) is 11.6 Å². The summed E-state index contributed by atoms with van der Waals surface area (Å²) in [6.07, 6.45) is 12.5. The van der Waals surface area contributed by atoms with Gasteiger partial charge in [0.2, 0.25) is 0 Å². The van der Waals surface area contributed by atoms with Crippen molar-refractivity contribution in [2.24, 2.45) is 63.1 Å². The van der Waals surface area contributed by atoms with Gasteiger partial charge in [-0.25, -0.2) is 0 Å². The molecule has 1 heteroatoms. The topological polar surface area (TPSA) is 17.1 Å². The van der Waals surface area contributed by atoms with E-state index in [9.17, 15) is 4.79 Å². The van der Waals surface area contributed by atoms with Gasteiger partial charge in [-0.15, -0.1) is 0 Å². The van der Waals surface area contributed by atoms with Crippen LogP contribution in [0, 0.1) is 63.1 Å². The van der Waals surface area contributed by atoms with Gasteiger partial charge in [-0.1, -0.05) is 81.2 Å². The van der Waals surface area contributed by atoms with E-state index in [2.05, 4.69) is 75.3 Å². The first-order valence-electron chi connectivity index (χ1n) is 14.4. The maximum absolute atomic E-state index is 13.6. The number of hydrogen-bond acceptors (Lipinski definition) is 1. The van der Waals surface area contributed by atoms with Gasteiger partial charge in [-0.05, 0) is 108 Å². The smallest absolute Gasteiger partial charge is 0.159 e. The Balaban J connectivity index is 1.68. The summed E-state index contributed by atoms with van der Waals surface area (Å²) in [5.74, 6) is 5.03. The van der Waals surface area contributed by atoms with Crippen LogP contribution in [0.4, 0.5) is 0 Å². The van der Waals surface area contributed by atoms with Crippen LogP contribution in [0.15, 0.2) is 11.6 Å². The zero-order valence-corrected chi connectivity index (χ0v) is 23.7.